The first kappa shape index (κ1) is 21.1. The minimum absolute atomic E-state index is 0.130. The van der Waals surface area contributed by atoms with Gasteiger partial charge in [0.15, 0.2) is 0 Å². The maximum Gasteiger partial charge on any atom is 0.466 e. The molecule has 1 aliphatic heterocycles. The van der Waals surface area contributed by atoms with Crippen LogP contribution in [-0.4, -0.2) is 31.4 Å². The fraction of sp³-hybridized carbons (Fsp3) is 0.588. The molecule has 1 saturated heterocycles. The van der Waals surface area contributed by atoms with Crippen LogP contribution in [0.1, 0.15) is 51.1 Å². The second kappa shape index (κ2) is 7.05. The van der Waals surface area contributed by atoms with Crippen LogP contribution >= 0.6 is 11.6 Å². The van der Waals surface area contributed by atoms with Gasteiger partial charge in [0, 0.05) is 5.82 Å². The standard InChI is InChI=1S/C17H21BClF3O4/c1-15(2)16(3,4)26-18(25-15)12(9-13(23)24-5)10-7-6-8-11(14(10)19)17(20,21)22/h6-8,12H,9H2,1-5H3. The zero-order valence-electron chi connectivity index (χ0n) is 15.2. The summed E-state index contributed by atoms with van der Waals surface area (Å²) in [5, 5.41) is -0.469. The van der Waals surface area contributed by atoms with E-state index in [1.54, 1.807) is 0 Å². The van der Waals surface area contributed by atoms with Crippen molar-refractivity contribution in [3.8, 4) is 0 Å². The van der Waals surface area contributed by atoms with E-state index in [9.17, 15) is 18.0 Å². The summed E-state index contributed by atoms with van der Waals surface area (Å²) in [6.45, 7) is 7.26. The number of benzene rings is 1. The van der Waals surface area contributed by atoms with Crippen LogP contribution in [0.25, 0.3) is 0 Å². The van der Waals surface area contributed by atoms with Gasteiger partial charge in [-0.05, 0) is 39.3 Å². The van der Waals surface area contributed by atoms with Gasteiger partial charge in [-0.25, -0.2) is 0 Å². The number of hydrogen-bond donors (Lipinski definition) is 0. The Kier molecular flexibility index (Phi) is 5.71. The molecule has 0 aliphatic carbocycles. The molecule has 0 amide bonds. The van der Waals surface area contributed by atoms with Crippen LogP contribution in [0.2, 0.25) is 5.02 Å². The van der Waals surface area contributed by atoms with E-state index >= 15 is 0 Å². The lowest BCUT2D eigenvalue weighted by Crippen LogP contribution is -2.41. The number of carbonyl (C=O) groups is 1. The molecular formula is C17H21BClF3O4. The molecule has 0 aromatic heterocycles. The van der Waals surface area contributed by atoms with Crippen LogP contribution in [0.5, 0.6) is 0 Å². The lowest BCUT2D eigenvalue weighted by atomic mass is 9.66. The number of halogens is 4. The highest BCUT2D eigenvalue weighted by molar-refractivity contribution is 6.48. The minimum Gasteiger partial charge on any atom is -0.469 e. The van der Waals surface area contributed by atoms with E-state index in [1.807, 2.05) is 27.7 Å². The molecule has 0 N–H and O–H groups in total. The first-order valence-corrected chi connectivity index (χ1v) is 8.46. The van der Waals surface area contributed by atoms with E-state index < -0.39 is 46.9 Å². The lowest BCUT2D eigenvalue weighted by molar-refractivity contribution is -0.140. The molecule has 4 nitrogen and oxygen atoms in total. The second-order valence-electron chi connectivity index (χ2n) is 7.22. The average molecular weight is 393 g/mol. The van der Waals surface area contributed by atoms with Gasteiger partial charge in [-0.15, -0.1) is 0 Å². The van der Waals surface area contributed by atoms with Crippen LogP contribution in [-0.2, 0) is 25.0 Å². The Balaban J connectivity index is 2.49. The first-order valence-electron chi connectivity index (χ1n) is 8.08. The zero-order valence-corrected chi connectivity index (χ0v) is 16.0. The third kappa shape index (κ3) is 4.02. The maximum absolute atomic E-state index is 13.2. The minimum atomic E-state index is -4.61. The van der Waals surface area contributed by atoms with Gasteiger partial charge < -0.3 is 14.0 Å². The highest BCUT2D eigenvalue weighted by Crippen LogP contribution is 2.45. The number of hydrogen-bond acceptors (Lipinski definition) is 4. The number of esters is 1. The van der Waals surface area contributed by atoms with Gasteiger partial charge in [0.25, 0.3) is 0 Å². The summed E-state index contributed by atoms with van der Waals surface area (Å²) in [4.78, 5) is 11.9. The molecule has 1 aromatic carbocycles. The molecule has 1 unspecified atom stereocenters. The van der Waals surface area contributed by atoms with E-state index in [4.69, 9.17) is 20.9 Å². The Morgan fingerprint density at radius 2 is 1.77 bits per heavy atom. The molecular weight excluding hydrogens is 371 g/mol. The molecule has 1 aromatic rings. The van der Waals surface area contributed by atoms with E-state index in [2.05, 4.69) is 4.74 Å². The summed E-state index contributed by atoms with van der Waals surface area (Å²) >= 11 is 6.05. The van der Waals surface area contributed by atoms with Crippen LogP contribution in [0.15, 0.2) is 18.2 Å². The van der Waals surface area contributed by atoms with Gasteiger partial charge in [0.05, 0.1) is 35.3 Å². The Morgan fingerprint density at radius 1 is 1.23 bits per heavy atom. The van der Waals surface area contributed by atoms with E-state index in [1.165, 1.54) is 19.2 Å². The molecule has 0 saturated carbocycles. The van der Waals surface area contributed by atoms with Crippen molar-refractivity contribution >= 4 is 24.7 Å². The Labute approximate surface area is 156 Å². The largest absolute Gasteiger partial charge is 0.469 e. The predicted octanol–water partition coefficient (Wildman–Crippen LogP) is 4.64. The summed E-state index contributed by atoms with van der Waals surface area (Å²) in [5.74, 6) is -1.45. The molecule has 0 bridgehead atoms. The van der Waals surface area contributed by atoms with Crippen molar-refractivity contribution in [3.63, 3.8) is 0 Å². The summed E-state index contributed by atoms with van der Waals surface area (Å²) in [5.41, 5.74) is -2.26. The number of methoxy groups -OCH3 is 1. The van der Waals surface area contributed by atoms with Crippen molar-refractivity contribution < 1.29 is 32.0 Å². The Morgan fingerprint density at radius 3 is 2.23 bits per heavy atom. The molecule has 26 heavy (non-hydrogen) atoms. The smallest absolute Gasteiger partial charge is 0.466 e. The fourth-order valence-electron chi connectivity index (χ4n) is 2.72. The van der Waals surface area contributed by atoms with E-state index in [-0.39, 0.29) is 12.0 Å². The van der Waals surface area contributed by atoms with E-state index in [0.717, 1.165) is 6.07 Å². The van der Waals surface area contributed by atoms with Crippen molar-refractivity contribution in [1.82, 2.24) is 0 Å². The summed E-state index contributed by atoms with van der Waals surface area (Å²) in [6, 6.07) is 3.58. The molecule has 2 rings (SSSR count). The normalized spacial score (nSPS) is 20.1. The molecule has 9 heteroatoms. The predicted molar refractivity (Wildman–Crippen MR) is 91.9 cm³/mol. The van der Waals surface area contributed by atoms with Crippen LogP contribution in [0, 0.1) is 0 Å². The topological polar surface area (TPSA) is 44.8 Å². The maximum atomic E-state index is 13.2. The number of alkyl halides is 3. The van der Waals surface area contributed by atoms with Crippen LogP contribution < -0.4 is 0 Å². The van der Waals surface area contributed by atoms with Gasteiger partial charge in [0.1, 0.15) is 0 Å². The van der Waals surface area contributed by atoms with Crippen molar-refractivity contribution in [1.29, 1.82) is 0 Å². The van der Waals surface area contributed by atoms with Crippen LogP contribution in [0.4, 0.5) is 13.2 Å². The van der Waals surface area contributed by atoms with Gasteiger partial charge in [-0.2, -0.15) is 13.2 Å². The number of carbonyl (C=O) groups excluding carboxylic acids is 1. The van der Waals surface area contributed by atoms with Gasteiger partial charge in [0.2, 0.25) is 0 Å². The molecule has 0 spiro atoms. The SMILES string of the molecule is COC(=O)CC(B1OC(C)(C)C(C)(C)O1)c1cccc(C(F)(F)F)c1Cl. The summed E-state index contributed by atoms with van der Waals surface area (Å²) in [7, 11) is 0.261. The van der Waals surface area contributed by atoms with E-state index in [0.29, 0.717) is 0 Å². The molecule has 1 fully saturated rings. The fourth-order valence-corrected chi connectivity index (χ4v) is 3.10. The number of rotatable bonds is 4. The Bertz CT molecular complexity index is 675. The Hall–Kier alpha value is -1.25. The monoisotopic (exact) mass is 392 g/mol. The quantitative estimate of drug-likeness (QED) is 0.553. The van der Waals surface area contributed by atoms with Gasteiger partial charge >= 0.3 is 19.3 Å². The highest BCUT2D eigenvalue weighted by atomic mass is 35.5. The number of ether oxygens (including phenoxy) is 1. The third-order valence-electron chi connectivity index (χ3n) is 4.95. The molecule has 1 aliphatic rings. The van der Waals surface area contributed by atoms with Gasteiger partial charge in [-0.3, -0.25) is 4.79 Å². The third-order valence-corrected chi connectivity index (χ3v) is 5.37. The zero-order chi connectivity index (χ0) is 19.9. The highest BCUT2D eigenvalue weighted by Gasteiger charge is 2.55. The molecule has 144 valence electrons. The van der Waals surface area contributed by atoms with Crippen molar-refractivity contribution in [2.75, 3.05) is 7.11 Å². The average Bonchev–Trinajstić information content (AvgIpc) is 2.72. The molecule has 1 heterocycles. The van der Waals surface area contributed by atoms with Crippen molar-refractivity contribution in [2.45, 2.75) is 57.3 Å². The molecule has 1 atom stereocenters. The molecule has 0 radical (unpaired) electrons. The second-order valence-corrected chi connectivity index (χ2v) is 7.60. The summed E-state index contributed by atoms with van der Waals surface area (Å²) < 4.78 is 56.2. The van der Waals surface area contributed by atoms with Crippen LogP contribution in [0.3, 0.4) is 0 Å². The van der Waals surface area contributed by atoms with Gasteiger partial charge in [-0.1, -0.05) is 23.7 Å². The van der Waals surface area contributed by atoms with Crippen molar-refractivity contribution in [3.05, 3.63) is 34.3 Å². The first-order chi connectivity index (χ1) is 11.8. The van der Waals surface area contributed by atoms with Crippen molar-refractivity contribution in [2.24, 2.45) is 0 Å². The lowest BCUT2D eigenvalue weighted by Gasteiger charge is -2.32. The summed E-state index contributed by atoms with van der Waals surface area (Å²) in [6.07, 6.45) is -4.84.